The first-order valence-electron chi connectivity index (χ1n) is 9.10. The average Bonchev–Trinajstić information content (AvgIpc) is 3.00. The van der Waals surface area contributed by atoms with Crippen molar-refractivity contribution in [3.8, 4) is 11.5 Å². The Morgan fingerprint density at radius 2 is 1.80 bits per heavy atom. The summed E-state index contributed by atoms with van der Waals surface area (Å²) in [6, 6.07) is 13.3. The number of amides is 2. The zero-order valence-corrected chi connectivity index (χ0v) is 17.7. The Bertz CT molecular complexity index is 999. The highest BCUT2D eigenvalue weighted by atomic mass is 32.2. The molecular formula is C22H21NO6S. The summed E-state index contributed by atoms with van der Waals surface area (Å²) in [4.78, 5) is 36.9. The number of thioether (sulfide) groups is 1. The standard InChI is InChI=1S/C22H21NO6S/c1-14-4-6-15(7-5-14)13-29-17-9-8-16(10-18(17)27-2)11-19-21(25)23(22(26)30-19)12-20(24)28-3/h4-11H,12-13H2,1-3H3/b19-11+. The Hall–Kier alpha value is -3.26. The van der Waals surface area contributed by atoms with Gasteiger partial charge in [0.25, 0.3) is 11.1 Å². The molecule has 0 bridgehead atoms. The van der Waals surface area contributed by atoms with E-state index in [-0.39, 0.29) is 4.91 Å². The molecule has 2 aromatic carbocycles. The molecule has 0 N–H and O–H groups in total. The molecule has 0 saturated carbocycles. The van der Waals surface area contributed by atoms with E-state index in [2.05, 4.69) is 4.74 Å². The highest BCUT2D eigenvalue weighted by molar-refractivity contribution is 8.18. The number of imide groups is 1. The van der Waals surface area contributed by atoms with Gasteiger partial charge in [0.05, 0.1) is 19.1 Å². The molecule has 1 aliphatic rings. The third kappa shape index (κ3) is 5.01. The molecule has 0 spiro atoms. The SMILES string of the molecule is COC(=O)CN1C(=O)S/C(=C/c2ccc(OCc3ccc(C)cc3)c(OC)c2)C1=O. The van der Waals surface area contributed by atoms with Crippen molar-refractivity contribution in [2.45, 2.75) is 13.5 Å². The van der Waals surface area contributed by atoms with Gasteiger partial charge in [-0.3, -0.25) is 19.3 Å². The molecule has 1 heterocycles. The number of esters is 1. The van der Waals surface area contributed by atoms with Crippen LogP contribution >= 0.6 is 11.8 Å². The second kappa shape index (κ2) is 9.49. The molecule has 1 saturated heterocycles. The van der Waals surface area contributed by atoms with Crippen molar-refractivity contribution in [1.29, 1.82) is 0 Å². The van der Waals surface area contributed by atoms with E-state index < -0.39 is 23.7 Å². The summed E-state index contributed by atoms with van der Waals surface area (Å²) in [5.74, 6) is -0.122. The van der Waals surface area contributed by atoms with Crippen molar-refractivity contribution in [2.24, 2.45) is 0 Å². The number of benzene rings is 2. The van der Waals surface area contributed by atoms with Crippen LogP contribution in [0, 0.1) is 6.92 Å². The molecule has 2 aromatic rings. The number of carbonyl (C=O) groups is 3. The third-order valence-electron chi connectivity index (χ3n) is 4.39. The van der Waals surface area contributed by atoms with Crippen LogP contribution in [0.1, 0.15) is 16.7 Å². The summed E-state index contributed by atoms with van der Waals surface area (Å²) in [6.45, 7) is 2.01. The van der Waals surface area contributed by atoms with Gasteiger partial charge in [0.1, 0.15) is 13.2 Å². The van der Waals surface area contributed by atoms with E-state index in [0.29, 0.717) is 23.7 Å². The minimum atomic E-state index is -0.657. The summed E-state index contributed by atoms with van der Waals surface area (Å²) in [7, 11) is 2.73. The van der Waals surface area contributed by atoms with E-state index in [4.69, 9.17) is 9.47 Å². The fourth-order valence-electron chi connectivity index (χ4n) is 2.72. The number of ether oxygens (including phenoxy) is 3. The summed E-state index contributed by atoms with van der Waals surface area (Å²) in [6.07, 6.45) is 1.58. The molecular weight excluding hydrogens is 406 g/mol. The molecule has 0 aliphatic carbocycles. The number of nitrogens with zero attached hydrogens (tertiary/aromatic N) is 1. The van der Waals surface area contributed by atoms with E-state index in [1.165, 1.54) is 19.8 Å². The molecule has 0 unspecified atom stereocenters. The predicted octanol–water partition coefficient (Wildman–Crippen LogP) is 3.79. The first-order chi connectivity index (χ1) is 14.4. The highest BCUT2D eigenvalue weighted by Crippen LogP contribution is 2.34. The zero-order valence-electron chi connectivity index (χ0n) is 16.8. The lowest BCUT2D eigenvalue weighted by Crippen LogP contribution is -2.34. The molecule has 2 amide bonds. The van der Waals surface area contributed by atoms with E-state index in [1.807, 2.05) is 31.2 Å². The lowest BCUT2D eigenvalue weighted by molar-refractivity contribution is -0.143. The van der Waals surface area contributed by atoms with Gasteiger partial charge in [-0.05, 0) is 48.0 Å². The minimum absolute atomic E-state index is 0.222. The first kappa shape index (κ1) is 21.4. The van der Waals surface area contributed by atoms with Crippen LogP contribution in [0.4, 0.5) is 4.79 Å². The van der Waals surface area contributed by atoms with E-state index in [0.717, 1.165) is 22.2 Å². The topological polar surface area (TPSA) is 82.1 Å². The van der Waals surface area contributed by atoms with Gasteiger partial charge >= 0.3 is 5.97 Å². The van der Waals surface area contributed by atoms with E-state index >= 15 is 0 Å². The highest BCUT2D eigenvalue weighted by Gasteiger charge is 2.36. The molecule has 7 nitrogen and oxygen atoms in total. The summed E-state index contributed by atoms with van der Waals surface area (Å²) < 4.78 is 15.8. The lowest BCUT2D eigenvalue weighted by Gasteiger charge is -2.12. The van der Waals surface area contributed by atoms with E-state index in [1.54, 1.807) is 24.3 Å². The summed E-state index contributed by atoms with van der Waals surface area (Å²) in [5.41, 5.74) is 2.88. The van der Waals surface area contributed by atoms with Crippen molar-refractivity contribution in [2.75, 3.05) is 20.8 Å². The molecule has 0 atom stereocenters. The molecule has 156 valence electrons. The third-order valence-corrected chi connectivity index (χ3v) is 5.30. The number of aryl methyl sites for hydroxylation is 1. The summed E-state index contributed by atoms with van der Waals surface area (Å²) in [5, 5.41) is -0.512. The van der Waals surface area contributed by atoms with Gasteiger partial charge < -0.3 is 14.2 Å². The van der Waals surface area contributed by atoms with Crippen molar-refractivity contribution in [3.05, 3.63) is 64.1 Å². The number of rotatable bonds is 7. The first-order valence-corrected chi connectivity index (χ1v) is 9.91. The molecule has 0 aromatic heterocycles. The molecule has 3 rings (SSSR count). The van der Waals surface area contributed by atoms with Crippen LogP contribution in [0.25, 0.3) is 6.08 Å². The average molecular weight is 427 g/mol. The number of carbonyl (C=O) groups excluding carboxylic acids is 3. The van der Waals surface area contributed by atoms with Crippen LogP contribution in [0.15, 0.2) is 47.4 Å². The van der Waals surface area contributed by atoms with Gasteiger partial charge in [0, 0.05) is 0 Å². The normalized spacial score (nSPS) is 14.9. The second-order valence-electron chi connectivity index (χ2n) is 6.53. The van der Waals surface area contributed by atoms with Crippen LogP contribution in [0.5, 0.6) is 11.5 Å². The van der Waals surface area contributed by atoms with Crippen LogP contribution in [-0.4, -0.2) is 42.8 Å². The van der Waals surface area contributed by atoms with Crippen molar-refractivity contribution in [3.63, 3.8) is 0 Å². The lowest BCUT2D eigenvalue weighted by atomic mass is 10.1. The molecule has 30 heavy (non-hydrogen) atoms. The maximum Gasteiger partial charge on any atom is 0.325 e. The summed E-state index contributed by atoms with van der Waals surface area (Å²) >= 11 is 0.774. The van der Waals surface area contributed by atoms with Gasteiger partial charge in [-0.2, -0.15) is 0 Å². The van der Waals surface area contributed by atoms with Gasteiger partial charge in [-0.1, -0.05) is 35.9 Å². The van der Waals surface area contributed by atoms with Crippen molar-refractivity contribution >= 4 is 35.0 Å². The number of hydrogen-bond donors (Lipinski definition) is 0. The largest absolute Gasteiger partial charge is 0.493 e. The minimum Gasteiger partial charge on any atom is -0.493 e. The Morgan fingerprint density at radius 3 is 2.47 bits per heavy atom. The van der Waals surface area contributed by atoms with Gasteiger partial charge in [-0.25, -0.2) is 0 Å². The fraction of sp³-hybridized carbons (Fsp3) is 0.227. The van der Waals surface area contributed by atoms with Crippen molar-refractivity contribution < 1.29 is 28.6 Å². The van der Waals surface area contributed by atoms with Crippen molar-refractivity contribution in [1.82, 2.24) is 4.90 Å². The van der Waals surface area contributed by atoms with Gasteiger partial charge in [0.2, 0.25) is 0 Å². The maximum atomic E-state index is 12.4. The number of hydrogen-bond acceptors (Lipinski definition) is 7. The Morgan fingerprint density at radius 1 is 1.07 bits per heavy atom. The van der Waals surface area contributed by atoms with E-state index in [9.17, 15) is 14.4 Å². The van der Waals surface area contributed by atoms with Gasteiger partial charge in [-0.15, -0.1) is 0 Å². The predicted molar refractivity (Wildman–Crippen MR) is 113 cm³/mol. The smallest absolute Gasteiger partial charge is 0.325 e. The van der Waals surface area contributed by atoms with Crippen LogP contribution < -0.4 is 9.47 Å². The quantitative estimate of drug-likeness (QED) is 0.491. The Balaban J connectivity index is 1.74. The molecule has 8 heteroatoms. The van der Waals surface area contributed by atoms with Gasteiger partial charge in [0.15, 0.2) is 11.5 Å². The molecule has 1 fully saturated rings. The Labute approximate surface area is 178 Å². The Kier molecular flexibility index (Phi) is 6.79. The fourth-order valence-corrected chi connectivity index (χ4v) is 3.56. The maximum absolute atomic E-state index is 12.4. The van der Waals surface area contributed by atoms with Crippen LogP contribution in [0.3, 0.4) is 0 Å². The zero-order chi connectivity index (χ0) is 21.7. The molecule has 1 aliphatic heterocycles. The second-order valence-corrected chi connectivity index (χ2v) is 7.52. The monoisotopic (exact) mass is 427 g/mol. The van der Waals surface area contributed by atoms with Crippen LogP contribution in [0.2, 0.25) is 0 Å². The molecule has 0 radical (unpaired) electrons. The number of methoxy groups -OCH3 is 2. The van der Waals surface area contributed by atoms with Crippen LogP contribution in [-0.2, 0) is 20.9 Å².